The summed E-state index contributed by atoms with van der Waals surface area (Å²) in [6.07, 6.45) is 3.84. The van der Waals surface area contributed by atoms with Crippen molar-refractivity contribution in [2.24, 2.45) is 4.99 Å². The Bertz CT molecular complexity index is 260. The van der Waals surface area contributed by atoms with Crippen LogP contribution in [0.4, 0.5) is 0 Å². The van der Waals surface area contributed by atoms with Crippen LogP contribution in [0.3, 0.4) is 0 Å². The quantitative estimate of drug-likeness (QED) is 0.704. The van der Waals surface area contributed by atoms with Gasteiger partial charge in [0.1, 0.15) is 5.90 Å². The fourth-order valence-electron chi connectivity index (χ4n) is 0.886. The molecule has 0 spiro atoms. The van der Waals surface area contributed by atoms with Crippen molar-refractivity contribution < 1.29 is 24.8 Å². The van der Waals surface area contributed by atoms with Crippen LogP contribution in [-0.4, -0.2) is 24.0 Å². The summed E-state index contributed by atoms with van der Waals surface area (Å²) in [5.74, 6) is 0.707. The van der Waals surface area contributed by atoms with E-state index >= 15 is 0 Å². The van der Waals surface area contributed by atoms with E-state index in [2.05, 4.69) is 16.2 Å². The van der Waals surface area contributed by atoms with Crippen molar-refractivity contribution in [2.75, 3.05) is 13.2 Å². The Hall–Kier alpha value is -0.251. The third-order valence-corrected chi connectivity index (χ3v) is 2.09. The number of hydrogen-bond acceptors (Lipinski definition) is 4. The standard InChI is InChI=1S/C7H7N2OS.Ir/c1-2-9-7(10-3-1)6-4-8-5-11-6;/h5H,1-3H2;/q-1;. The molecule has 0 aromatic carbocycles. The smallest absolute Gasteiger partial charge is 0.122 e. The van der Waals surface area contributed by atoms with Crippen molar-refractivity contribution in [2.45, 2.75) is 6.42 Å². The van der Waals surface area contributed by atoms with E-state index in [0.717, 1.165) is 24.4 Å². The summed E-state index contributed by atoms with van der Waals surface area (Å²) in [5, 5.41) is 0. The van der Waals surface area contributed by atoms with Gasteiger partial charge in [-0.15, -0.1) is 0 Å². The first-order valence-electron chi connectivity index (χ1n) is 3.45. The van der Waals surface area contributed by atoms with E-state index in [9.17, 15) is 0 Å². The molecular formula is C7H7IrN2OS-. The average Bonchev–Trinajstić information content (AvgIpc) is 2.58. The van der Waals surface area contributed by atoms with Gasteiger partial charge in [-0.3, -0.25) is 0 Å². The largest absolute Gasteiger partial charge is 0.533 e. The number of ether oxygens (including phenoxy) is 1. The molecule has 2 heterocycles. The molecule has 2 rings (SSSR count). The van der Waals surface area contributed by atoms with E-state index in [1.165, 1.54) is 11.3 Å². The van der Waals surface area contributed by atoms with Crippen LogP contribution in [0.25, 0.3) is 0 Å². The van der Waals surface area contributed by atoms with Gasteiger partial charge >= 0.3 is 0 Å². The van der Waals surface area contributed by atoms with Crippen LogP contribution < -0.4 is 0 Å². The minimum absolute atomic E-state index is 0. The van der Waals surface area contributed by atoms with Gasteiger partial charge in [-0.05, 0) is 16.8 Å². The van der Waals surface area contributed by atoms with Gasteiger partial charge in [0.15, 0.2) is 0 Å². The third kappa shape index (κ3) is 2.12. The Morgan fingerprint density at radius 2 is 2.50 bits per heavy atom. The van der Waals surface area contributed by atoms with E-state index in [1.807, 2.05) is 0 Å². The van der Waals surface area contributed by atoms with Crippen LogP contribution >= 0.6 is 11.3 Å². The first-order chi connectivity index (χ1) is 5.47. The van der Waals surface area contributed by atoms with Crippen LogP contribution in [0.5, 0.6) is 0 Å². The Labute approximate surface area is 88.2 Å². The summed E-state index contributed by atoms with van der Waals surface area (Å²) in [6.45, 7) is 1.63. The molecule has 0 N–H and O–H groups in total. The van der Waals surface area contributed by atoms with Crippen molar-refractivity contribution in [3.05, 3.63) is 16.6 Å². The summed E-state index contributed by atoms with van der Waals surface area (Å²) < 4.78 is 5.31. The predicted molar refractivity (Wildman–Crippen MR) is 42.9 cm³/mol. The van der Waals surface area contributed by atoms with Crippen LogP contribution in [0, 0.1) is 6.20 Å². The third-order valence-electron chi connectivity index (χ3n) is 1.38. The minimum Gasteiger partial charge on any atom is -0.533 e. The molecule has 0 bridgehead atoms. The van der Waals surface area contributed by atoms with E-state index in [4.69, 9.17) is 4.74 Å². The zero-order chi connectivity index (χ0) is 7.52. The molecule has 1 aliphatic heterocycles. The molecule has 67 valence electrons. The second kappa shape index (κ2) is 4.70. The maximum Gasteiger partial charge on any atom is 0.122 e. The van der Waals surface area contributed by atoms with Crippen molar-refractivity contribution >= 4 is 17.2 Å². The number of hydrogen-bond donors (Lipinski definition) is 0. The van der Waals surface area contributed by atoms with Crippen molar-refractivity contribution in [3.63, 3.8) is 0 Å². The molecule has 5 heteroatoms. The molecule has 1 aromatic rings. The fourth-order valence-corrected chi connectivity index (χ4v) is 1.43. The van der Waals surface area contributed by atoms with E-state index in [-0.39, 0.29) is 20.1 Å². The molecule has 0 saturated carbocycles. The van der Waals surface area contributed by atoms with E-state index < -0.39 is 0 Å². The van der Waals surface area contributed by atoms with Crippen molar-refractivity contribution in [1.82, 2.24) is 4.98 Å². The topological polar surface area (TPSA) is 34.5 Å². The van der Waals surface area contributed by atoms with Crippen molar-refractivity contribution in [1.29, 1.82) is 0 Å². The number of nitrogens with zero attached hydrogens (tertiary/aromatic N) is 2. The van der Waals surface area contributed by atoms with E-state index in [1.54, 1.807) is 5.51 Å². The molecule has 0 aliphatic carbocycles. The number of aromatic nitrogens is 1. The van der Waals surface area contributed by atoms with Crippen LogP contribution in [-0.2, 0) is 24.8 Å². The molecule has 0 atom stereocenters. The van der Waals surface area contributed by atoms with Gasteiger partial charge in [-0.1, -0.05) is 6.20 Å². The molecule has 0 unspecified atom stereocenters. The molecule has 3 nitrogen and oxygen atoms in total. The van der Waals surface area contributed by atoms with E-state index in [0.29, 0.717) is 5.90 Å². The molecule has 1 aliphatic rings. The molecule has 0 fully saturated rings. The molecule has 12 heavy (non-hydrogen) atoms. The Balaban J connectivity index is 0.000000720. The Kier molecular flexibility index (Phi) is 3.85. The molecule has 0 amide bonds. The summed E-state index contributed by atoms with van der Waals surface area (Å²) in [7, 11) is 0. The zero-order valence-electron chi connectivity index (χ0n) is 6.24. The predicted octanol–water partition coefficient (Wildman–Crippen LogP) is 1.11. The first kappa shape index (κ1) is 9.83. The van der Waals surface area contributed by atoms with Crippen LogP contribution in [0.15, 0.2) is 10.5 Å². The molecular weight excluding hydrogens is 352 g/mol. The van der Waals surface area contributed by atoms with Gasteiger partial charge in [-0.2, -0.15) is 0 Å². The summed E-state index contributed by atoms with van der Waals surface area (Å²) in [6, 6.07) is 0. The zero-order valence-corrected chi connectivity index (χ0v) is 9.45. The SMILES string of the molecule is [Ir].[c-]1ncsc1C1=NCCCO1. The van der Waals surface area contributed by atoms with Crippen LogP contribution in [0.1, 0.15) is 11.3 Å². The fraction of sp³-hybridized carbons (Fsp3) is 0.429. The summed E-state index contributed by atoms with van der Waals surface area (Å²) >= 11 is 1.51. The van der Waals surface area contributed by atoms with Gasteiger partial charge in [-0.25, -0.2) is 11.3 Å². The number of rotatable bonds is 1. The normalized spacial score (nSPS) is 15.8. The van der Waals surface area contributed by atoms with Gasteiger partial charge in [0.05, 0.1) is 6.61 Å². The molecule has 1 aromatic heterocycles. The first-order valence-corrected chi connectivity index (χ1v) is 4.33. The van der Waals surface area contributed by atoms with Crippen LogP contribution in [0.2, 0.25) is 0 Å². The van der Waals surface area contributed by atoms with Gasteiger partial charge in [0.2, 0.25) is 0 Å². The molecule has 0 saturated heterocycles. The number of thiazole rings is 1. The monoisotopic (exact) mass is 360 g/mol. The van der Waals surface area contributed by atoms with Gasteiger partial charge in [0, 0.05) is 26.7 Å². The van der Waals surface area contributed by atoms with Crippen molar-refractivity contribution in [3.8, 4) is 0 Å². The molecule has 1 radical (unpaired) electrons. The van der Waals surface area contributed by atoms with Gasteiger partial charge in [0.25, 0.3) is 0 Å². The maximum absolute atomic E-state index is 5.31. The van der Waals surface area contributed by atoms with Gasteiger partial charge < -0.3 is 14.7 Å². The maximum atomic E-state index is 5.31. The number of aliphatic imine (C=N–C) groups is 1. The second-order valence-electron chi connectivity index (χ2n) is 2.18. The Morgan fingerprint density at radius 1 is 1.58 bits per heavy atom. The summed E-state index contributed by atoms with van der Waals surface area (Å²) in [5.41, 5.74) is 1.73. The Morgan fingerprint density at radius 3 is 3.08 bits per heavy atom. The summed E-state index contributed by atoms with van der Waals surface area (Å²) in [4.78, 5) is 8.94. The second-order valence-corrected chi connectivity index (χ2v) is 3.04. The minimum atomic E-state index is 0. The average molecular weight is 359 g/mol.